The zero-order valence-corrected chi connectivity index (χ0v) is 12.1. The predicted molar refractivity (Wildman–Crippen MR) is 79.5 cm³/mol. The molecule has 0 amide bonds. The standard InChI is InChI=1S/C16H20N2O2/c1-4-8-15-17-13-9-6-7-10-14(13)18(15)11-12(3)16(19)20-5-2/h6-7,9-10H,3-5,8,11H2,1-2H3. The quantitative estimate of drug-likeness (QED) is 0.599. The van der Waals surface area contributed by atoms with Gasteiger partial charge in [0.2, 0.25) is 0 Å². The second-order valence-electron chi connectivity index (χ2n) is 4.68. The summed E-state index contributed by atoms with van der Waals surface area (Å²) in [4.78, 5) is 16.3. The second kappa shape index (κ2) is 6.37. The van der Waals surface area contributed by atoms with Crippen molar-refractivity contribution in [1.29, 1.82) is 0 Å². The summed E-state index contributed by atoms with van der Waals surface area (Å²) in [7, 11) is 0. The number of imidazole rings is 1. The number of carbonyl (C=O) groups is 1. The number of rotatable bonds is 6. The summed E-state index contributed by atoms with van der Waals surface area (Å²) >= 11 is 0. The number of nitrogens with zero attached hydrogens (tertiary/aromatic N) is 2. The average molecular weight is 272 g/mol. The number of hydrogen-bond donors (Lipinski definition) is 0. The molecule has 0 aliphatic carbocycles. The maximum Gasteiger partial charge on any atom is 0.335 e. The fourth-order valence-electron chi connectivity index (χ4n) is 2.20. The van der Waals surface area contributed by atoms with Crippen LogP contribution in [0, 0.1) is 0 Å². The number of hydrogen-bond acceptors (Lipinski definition) is 3. The Morgan fingerprint density at radius 3 is 2.80 bits per heavy atom. The van der Waals surface area contributed by atoms with Crippen LogP contribution in [0.4, 0.5) is 0 Å². The summed E-state index contributed by atoms with van der Waals surface area (Å²) in [5, 5.41) is 0. The normalized spacial score (nSPS) is 10.7. The van der Waals surface area contributed by atoms with Gasteiger partial charge in [-0.05, 0) is 25.5 Å². The van der Waals surface area contributed by atoms with E-state index < -0.39 is 0 Å². The van der Waals surface area contributed by atoms with Gasteiger partial charge >= 0.3 is 5.97 Å². The van der Waals surface area contributed by atoms with Crippen molar-refractivity contribution in [3.63, 3.8) is 0 Å². The van der Waals surface area contributed by atoms with E-state index in [9.17, 15) is 4.79 Å². The summed E-state index contributed by atoms with van der Waals surface area (Å²) < 4.78 is 7.05. The van der Waals surface area contributed by atoms with Crippen molar-refractivity contribution >= 4 is 17.0 Å². The molecule has 0 radical (unpaired) electrons. The molecule has 1 aromatic carbocycles. The molecule has 1 heterocycles. The molecule has 0 aliphatic heterocycles. The van der Waals surface area contributed by atoms with Gasteiger partial charge in [-0.2, -0.15) is 0 Å². The number of aromatic nitrogens is 2. The van der Waals surface area contributed by atoms with Crippen molar-refractivity contribution in [2.24, 2.45) is 0 Å². The van der Waals surface area contributed by atoms with E-state index in [0.717, 1.165) is 29.7 Å². The number of esters is 1. The summed E-state index contributed by atoms with van der Waals surface area (Å²) in [5.74, 6) is 0.645. The van der Waals surface area contributed by atoms with E-state index >= 15 is 0 Å². The van der Waals surface area contributed by atoms with E-state index in [1.54, 1.807) is 6.92 Å². The van der Waals surface area contributed by atoms with E-state index in [0.29, 0.717) is 18.7 Å². The van der Waals surface area contributed by atoms with Gasteiger partial charge in [0.15, 0.2) is 0 Å². The highest BCUT2D eigenvalue weighted by Crippen LogP contribution is 2.18. The number of benzene rings is 1. The highest BCUT2D eigenvalue weighted by atomic mass is 16.5. The van der Waals surface area contributed by atoms with Gasteiger partial charge < -0.3 is 9.30 Å². The number of fused-ring (bicyclic) bond motifs is 1. The SMILES string of the molecule is C=C(Cn1c(CCC)nc2ccccc21)C(=O)OCC. The van der Waals surface area contributed by atoms with Crippen molar-refractivity contribution in [3.05, 3.63) is 42.2 Å². The molecule has 0 saturated carbocycles. The fourth-order valence-corrected chi connectivity index (χ4v) is 2.20. The summed E-state index contributed by atoms with van der Waals surface area (Å²) in [6, 6.07) is 7.94. The van der Waals surface area contributed by atoms with Crippen molar-refractivity contribution in [1.82, 2.24) is 9.55 Å². The van der Waals surface area contributed by atoms with Gasteiger partial charge in [-0.3, -0.25) is 0 Å². The Hall–Kier alpha value is -2.10. The highest BCUT2D eigenvalue weighted by Gasteiger charge is 2.14. The van der Waals surface area contributed by atoms with E-state index in [4.69, 9.17) is 4.74 Å². The molecule has 0 unspecified atom stereocenters. The Kier molecular flexibility index (Phi) is 4.56. The molecule has 20 heavy (non-hydrogen) atoms. The van der Waals surface area contributed by atoms with E-state index in [-0.39, 0.29) is 5.97 Å². The Morgan fingerprint density at radius 2 is 2.10 bits per heavy atom. The molecule has 106 valence electrons. The zero-order valence-electron chi connectivity index (χ0n) is 12.1. The fraction of sp³-hybridized carbons (Fsp3) is 0.375. The maximum atomic E-state index is 11.7. The van der Waals surface area contributed by atoms with Crippen LogP contribution in [0.25, 0.3) is 11.0 Å². The number of ether oxygens (including phenoxy) is 1. The molecule has 4 heteroatoms. The van der Waals surface area contributed by atoms with Gasteiger partial charge in [0.05, 0.1) is 24.2 Å². The summed E-state index contributed by atoms with van der Waals surface area (Å²) in [6.07, 6.45) is 1.89. The third-order valence-electron chi connectivity index (χ3n) is 3.12. The Balaban J connectivity index is 2.34. The highest BCUT2D eigenvalue weighted by molar-refractivity contribution is 5.88. The van der Waals surface area contributed by atoms with Gasteiger partial charge in [-0.15, -0.1) is 0 Å². The first-order valence-electron chi connectivity index (χ1n) is 6.96. The topological polar surface area (TPSA) is 44.1 Å². The molecule has 1 aromatic heterocycles. The van der Waals surface area contributed by atoms with E-state index in [2.05, 4.69) is 23.1 Å². The Bertz CT molecular complexity index is 628. The minimum atomic E-state index is -0.340. The molecule has 2 rings (SSSR count). The molecule has 0 atom stereocenters. The summed E-state index contributed by atoms with van der Waals surface area (Å²) in [5.41, 5.74) is 2.43. The monoisotopic (exact) mass is 272 g/mol. The first kappa shape index (κ1) is 14.3. The maximum absolute atomic E-state index is 11.7. The van der Waals surface area contributed by atoms with Crippen LogP contribution in [-0.4, -0.2) is 22.1 Å². The largest absolute Gasteiger partial charge is 0.463 e. The van der Waals surface area contributed by atoms with Crippen molar-refractivity contribution in [2.75, 3.05) is 6.61 Å². The van der Waals surface area contributed by atoms with Crippen LogP contribution >= 0.6 is 0 Å². The zero-order chi connectivity index (χ0) is 14.5. The van der Waals surface area contributed by atoms with Crippen molar-refractivity contribution in [2.45, 2.75) is 33.2 Å². The molecule has 4 nitrogen and oxygen atoms in total. The Morgan fingerprint density at radius 1 is 1.35 bits per heavy atom. The van der Waals surface area contributed by atoms with Crippen LogP contribution in [0.15, 0.2) is 36.4 Å². The predicted octanol–water partition coefficient (Wildman–Crippen LogP) is 3.11. The minimum absolute atomic E-state index is 0.340. The van der Waals surface area contributed by atoms with Crippen LogP contribution in [0.1, 0.15) is 26.1 Å². The van der Waals surface area contributed by atoms with Crippen LogP contribution in [-0.2, 0) is 22.5 Å². The first-order chi connectivity index (χ1) is 9.67. The molecule has 0 fully saturated rings. The minimum Gasteiger partial charge on any atom is -0.463 e. The summed E-state index contributed by atoms with van der Waals surface area (Å²) in [6.45, 7) is 8.53. The number of carbonyl (C=O) groups excluding carboxylic acids is 1. The van der Waals surface area contributed by atoms with Crippen LogP contribution in [0.5, 0.6) is 0 Å². The van der Waals surface area contributed by atoms with Gasteiger partial charge in [0, 0.05) is 12.0 Å². The lowest BCUT2D eigenvalue weighted by molar-refractivity contribution is -0.138. The number of aryl methyl sites for hydroxylation is 1. The van der Waals surface area contributed by atoms with Crippen LogP contribution < -0.4 is 0 Å². The van der Waals surface area contributed by atoms with Crippen molar-refractivity contribution < 1.29 is 9.53 Å². The number of para-hydroxylation sites is 2. The van der Waals surface area contributed by atoms with Crippen molar-refractivity contribution in [3.8, 4) is 0 Å². The lowest BCUT2D eigenvalue weighted by Gasteiger charge is -2.10. The van der Waals surface area contributed by atoms with Gasteiger partial charge in [0.1, 0.15) is 5.82 Å². The third-order valence-corrected chi connectivity index (χ3v) is 3.12. The molecule has 2 aromatic rings. The lowest BCUT2D eigenvalue weighted by Crippen LogP contribution is -2.14. The Labute approximate surface area is 119 Å². The molecule has 0 N–H and O–H groups in total. The van der Waals surface area contributed by atoms with E-state index in [1.807, 2.05) is 24.3 Å². The molecular weight excluding hydrogens is 252 g/mol. The first-order valence-corrected chi connectivity index (χ1v) is 6.96. The molecule has 0 aliphatic rings. The van der Waals surface area contributed by atoms with Gasteiger partial charge in [-0.1, -0.05) is 25.6 Å². The molecule has 0 bridgehead atoms. The van der Waals surface area contributed by atoms with Crippen LogP contribution in [0.3, 0.4) is 0 Å². The van der Waals surface area contributed by atoms with E-state index in [1.165, 1.54) is 0 Å². The molecule has 0 saturated heterocycles. The lowest BCUT2D eigenvalue weighted by atomic mass is 10.2. The molecule has 0 spiro atoms. The van der Waals surface area contributed by atoms with Gasteiger partial charge in [-0.25, -0.2) is 9.78 Å². The third kappa shape index (κ3) is 2.90. The molecular formula is C16H20N2O2. The average Bonchev–Trinajstić information content (AvgIpc) is 2.78. The second-order valence-corrected chi connectivity index (χ2v) is 4.68. The smallest absolute Gasteiger partial charge is 0.335 e. The van der Waals surface area contributed by atoms with Crippen LogP contribution in [0.2, 0.25) is 0 Å². The van der Waals surface area contributed by atoms with Gasteiger partial charge in [0.25, 0.3) is 0 Å².